The average molecular weight is 402 g/mol. The minimum absolute atomic E-state index is 0.115. The van der Waals surface area contributed by atoms with Crippen molar-refractivity contribution in [3.05, 3.63) is 28.0 Å². The molecule has 0 amide bonds. The van der Waals surface area contributed by atoms with Crippen LogP contribution in [-0.2, 0) is 6.54 Å². The molecule has 3 rings (SSSR count). The second kappa shape index (κ2) is 8.80. The maximum atomic E-state index is 12.6. The van der Waals surface area contributed by atoms with Crippen LogP contribution in [0.15, 0.2) is 27.2 Å². The third-order valence-corrected chi connectivity index (χ3v) is 5.27. The molecule has 0 radical (unpaired) electrons. The fraction of sp³-hybridized carbons (Fsp3) is 0.619. The van der Waals surface area contributed by atoms with Crippen LogP contribution in [0.25, 0.3) is 0 Å². The third-order valence-electron chi connectivity index (χ3n) is 5.27. The van der Waals surface area contributed by atoms with Gasteiger partial charge < -0.3 is 9.84 Å². The lowest BCUT2D eigenvalue weighted by Gasteiger charge is -2.17. The topological polar surface area (TPSA) is 94.0 Å². The molecule has 1 fully saturated rings. The molecule has 0 aromatic carbocycles. The van der Waals surface area contributed by atoms with Crippen LogP contribution < -0.4 is 10.3 Å². The molecule has 8 heteroatoms. The van der Waals surface area contributed by atoms with Crippen LogP contribution in [0, 0.1) is 5.92 Å². The Morgan fingerprint density at radius 2 is 1.90 bits per heavy atom. The lowest BCUT2D eigenvalue weighted by molar-refractivity contribution is 0.345. The molecule has 0 aliphatic heterocycles. The molecule has 0 unspecified atom stereocenters. The lowest BCUT2D eigenvalue weighted by atomic mass is 9.97. The van der Waals surface area contributed by atoms with E-state index in [2.05, 4.69) is 15.3 Å². The molecular weight excluding hydrogens is 370 g/mol. The van der Waals surface area contributed by atoms with Gasteiger partial charge in [0.2, 0.25) is 11.8 Å². The van der Waals surface area contributed by atoms with E-state index in [1.807, 2.05) is 27.7 Å². The van der Waals surface area contributed by atoms with E-state index in [4.69, 9.17) is 4.74 Å². The highest BCUT2D eigenvalue weighted by Crippen LogP contribution is 2.42. The number of rotatable bonds is 7. The Hall–Kier alpha value is -2.64. The molecule has 29 heavy (non-hydrogen) atoms. The molecule has 2 heterocycles. The number of pyridine rings is 1. The minimum Gasteiger partial charge on any atom is -0.493 e. The zero-order valence-corrected chi connectivity index (χ0v) is 17.9. The molecule has 1 N–H and O–H groups in total. The number of aromatic nitrogens is 3. The van der Waals surface area contributed by atoms with Gasteiger partial charge in [0, 0.05) is 18.7 Å². The molecule has 0 saturated heterocycles. The fourth-order valence-electron chi connectivity index (χ4n) is 3.87. The lowest BCUT2D eigenvalue weighted by Crippen LogP contribution is -2.23. The van der Waals surface area contributed by atoms with Gasteiger partial charge in [-0.1, -0.05) is 26.7 Å². The number of azo groups is 1. The molecule has 1 aliphatic rings. The van der Waals surface area contributed by atoms with Crippen LogP contribution in [0.2, 0.25) is 0 Å². The van der Waals surface area contributed by atoms with E-state index in [0.29, 0.717) is 23.9 Å². The van der Waals surface area contributed by atoms with Crippen molar-refractivity contribution < 1.29 is 9.84 Å². The van der Waals surface area contributed by atoms with Crippen molar-refractivity contribution in [3.8, 4) is 11.8 Å². The molecule has 0 bridgehead atoms. The second-order valence-electron chi connectivity index (χ2n) is 8.38. The average Bonchev–Trinajstić information content (AvgIpc) is 3.33. The maximum absolute atomic E-state index is 12.6. The van der Waals surface area contributed by atoms with Crippen LogP contribution in [0.4, 0.5) is 11.5 Å². The molecule has 8 nitrogen and oxygen atoms in total. The van der Waals surface area contributed by atoms with Crippen LogP contribution in [0.5, 0.6) is 11.8 Å². The van der Waals surface area contributed by atoms with Gasteiger partial charge in [0.25, 0.3) is 5.56 Å². The fourth-order valence-corrected chi connectivity index (χ4v) is 3.87. The summed E-state index contributed by atoms with van der Waals surface area (Å²) in [5, 5.41) is 23.9. The van der Waals surface area contributed by atoms with E-state index < -0.39 is 0 Å². The van der Waals surface area contributed by atoms with E-state index in [0.717, 1.165) is 31.2 Å². The van der Waals surface area contributed by atoms with Gasteiger partial charge in [-0.05, 0) is 44.1 Å². The van der Waals surface area contributed by atoms with Crippen molar-refractivity contribution in [2.45, 2.75) is 71.9 Å². The first-order valence-electron chi connectivity index (χ1n) is 10.3. The van der Waals surface area contributed by atoms with Gasteiger partial charge in [-0.2, -0.15) is 0 Å². The Labute approximate surface area is 171 Å². The van der Waals surface area contributed by atoms with Crippen molar-refractivity contribution in [2.24, 2.45) is 16.1 Å². The number of aromatic hydroxyl groups is 1. The molecule has 2 aromatic rings. The van der Waals surface area contributed by atoms with E-state index in [9.17, 15) is 9.90 Å². The summed E-state index contributed by atoms with van der Waals surface area (Å²) in [4.78, 5) is 12.6. The van der Waals surface area contributed by atoms with E-state index >= 15 is 0 Å². The monoisotopic (exact) mass is 401 g/mol. The highest BCUT2D eigenvalue weighted by molar-refractivity contribution is 5.55. The number of hydrogen-bond donors (Lipinski definition) is 1. The highest BCUT2D eigenvalue weighted by atomic mass is 16.5. The Bertz CT molecular complexity index is 937. The SMILES string of the molecule is COc1cc(N=Nc2c(C3CCCC3)cc(=O)n(CC(C)C)c2O)nn1C(C)C. The summed E-state index contributed by atoms with van der Waals surface area (Å²) in [5.41, 5.74) is 0.960. The number of hydrogen-bond acceptors (Lipinski definition) is 6. The summed E-state index contributed by atoms with van der Waals surface area (Å²) < 4.78 is 8.46. The van der Waals surface area contributed by atoms with Crippen molar-refractivity contribution >= 4 is 11.5 Å². The van der Waals surface area contributed by atoms with Crippen molar-refractivity contribution in [2.75, 3.05) is 7.11 Å². The van der Waals surface area contributed by atoms with Crippen molar-refractivity contribution in [1.82, 2.24) is 14.3 Å². The largest absolute Gasteiger partial charge is 0.493 e. The Morgan fingerprint density at radius 1 is 1.21 bits per heavy atom. The van der Waals surface area contributed by atoms with Gasteiger partial charge in [0.1, 0.15) is 5.69 Å². The van der Waals surface area contributed by atoms with E-state index in [-0.39, 0.29) is 29.3 Å². The smallest absolute Gasteiger partial charge is 0.253 e. The maximum Gasteiger partial charge on any atom is 0.253 e. The standard InChI is InChI=1S/C21H31N5O3/c1-13(2)12-25-18(27)10-16(15-8-6-7-9-15)20(21(25)28)23-22-17-11-19(29-5)26(24-17)14(3)4/h10-11,13-15,28H,6-9,12H2,1-5H3. The van der Waals surface area contributed by atoms with Crippen molar-refractivity contribution in [3.63, 3.8) is 0 Å². The summed E-state index contributed by atoms with van der Waals surface area (Å²) >= 11 is 0. The number of methoxy groups -OCH3 is 1. The normalized spacial score (nSPS) is 15.3. The van der Waals surface area contributed by atoms with Gasteiger partial charge in [0.05, 0.1) is 13.2 Å². The zero-order valence-electron chi connectivity index (χ0n) is 17.9. The van der Waals surface area contributed by atoms with Gasteiger partial charge in [0.15, 0.2) is 5.82 Å². The van der Waals surface area contributed by atoms with Crippen LogP contribution in [0.3, 0.4) is 0 Å². The first-order chi connectivity index (χ1) is 13.8. The Kier molecular flexibility index (Phi) is 6.39. The first kappa shape index (κ1) is 21.1. The highest BCUT2D eigenvalue weighted by Gasteiger charge is 2.25. The molecule has 2 aromatic heterocycles. The van der Waals surface area contributed by atoms with E-state index in [1.165, 1.54) is 4.57 Å². The summed E-state index contributed by atoms with van der Waals surface area (Å²) in [6.07, 6.45) is 4.22. The van der Waals surface area contributed by atoms with Gasteiger partial charge in [-0.25, -0.2) is 4.68 Å². The second-order valence-corrected chi connectivity index (χ2v) is 8.38. The molecule has 0 spiro atoms. The van der Waals surface area contributed by atoms with Crippen molar-refractivity contribution in [1.29, 1.82) is 0 Å². The van der Waals surface area contributed by atoms with Crippen LogP contribution in [-0.4, -0.2) is 26.6 Å². The van der Waals surface area contributed by atoms with Gasteiger partial charge in [-0.3, -0.25) is 9.36 Å². The molecule has 1 saturated carbocycles. The zero-order chi connectivity index (χ0) is 21.1. The number of nitrogens with zero attached hydrogens (tertiary/aromatic N) is 5. The predicted molar refractivity (Wildman–Crippen MR) is 112 cm³/mol. The summed E-state index contributed by atoms with van der Waals surface area (Å²) in [6.45, 7) is 8.43. The summed E-state index contributed by atoms with van der Waals surface area (Å²) in [7, 11) is 1.59. The van der Waals surface area contributed by atoms with Gasteiger partial charge in [-0.15, -0.1) is 15.3 Å². The summed E-state index contributed by atoms with van der Waals surface area (Å²) in [5.74, 6) is 1.31. The van der Waals surface area contributed by atoms with Crippen LogP contribution >= 0.6 is 0 Å². The third kappa shape index (κ3) is 4.52. The van der Waals surface area contributed by atoms with Gasteiger partial charge >= 0.3 is 0 Å². The molecule has 1 aliphatic carbocycles. The Balaban J connectivity index is 2.06. The molecule has 0 atom stereocenters. The minimum atomic E-state index is -0.192. The quantitative estimate of drug-likeness (QED) is 0.655. The molecular formula is C21H31N5O3. The van der Waals surface area contributed by atoms with E-state index in [1.54, 1.807) is 23.9 Å². The number of ether oxygens (including phenoxy) is 1. The summed E-state index contributed by atoms with van der Waals surface area (Å²) in [6, 6.07) is 3.45. The first-order valence-corrected chi connectivity index (χ1v) is 10.3. The van der Waals surface area contributed by atoms with Crippen LogP contribution in [0.1, 0.15) is 70.9 Å². The Morgan fingerprint density at radius 3 is 2.45 bits per heavy atom. The predicted octanol–water partition coefficient (Wildman–Crippen LogP) is 5.07. The molecule has 158 valence electrons.